The number of thioether (sulfide) groups is 1. The fraction of sp³-hybridized carbons (Fsp3) is 0.700. The van der Waals surface area contributed by atoms with E-state index in [0.717, 1.165) is 23.5 Å². The minimum absolute atomic E-state index is 0.0206. The van der Waals surface area contributed by atoms with Crippen LogP contribution in [0.15, 0.2) is 11.6 Å². The van der Waals surface area contributed by atoms with E-state index >= 15 is 0 Å². The first-order chi connectivity index (χ1) is 6.66. The fourth-order valence-electron chi connectivity index (χ4n) is 0.828. The van der Waals surface area contributed by atoms with Crippen LogP contribution in [-0.2, 0) is 4.79 Å². The third kappa shape index (κ3) is 9.61. The molecule has 0 saturated heterocycles. The lowest BCUT2D eigenvalue weighted by molar-refractivity contribution is -0.116. The highest BCUT2D eigenvalue weighted by Crippen LogP contribution is 1.99. The summed E-state index contributed by atoms with van der Waals surface area (Å²) in [5, 5.41) is 11.3. The molecule has 82 valence electrons. The van der Waals surface area contributed by atoms with Crippen LogP contribution in [0.3, 0.4) is 0 Å². The van der Waals surface area contributed by atoms with Crippen molar-refractivity contribution in [3.63, 3.8) is 0 Å². The zero-order chi connectivity index (χ0) is 10.8. The number of aliphatic hydroxyl groups is 1. The lowest BCUT2D eigenvalue weighted by atomic mass is 10.3. The average Bonchev–Trinajstić information content (AvgIpc) is 2.10. The Morgan fingerprint density at radius 3 is 2.71 bits per heavy atom. The van der Waals surface area contributed by atoms with Gasteiger partial charge in [0.05, 0.1) is 0 Å². The maximum Gasteiger partial charge on any atom is 0.243 e. The van der Waals surface area contributed by atoms with Gasteiger partial charge in [-0.15, -0.1) is 0 Å². The van der Waals surface area contributed by atoms with Crippen LogP contribution in [0.4, 0.5) is 0 Å². The second kappa shape index (κ2) is 9.09. The molecule has 0 heterocycles. The number of rotatable bonds is 7. The Labute approximate surface area is 90.0 Å². The van der Waals surface area contributed by atoms with Crippen LogP contribution in [-0.4, -0.2) is 35.7 Å². The van der Waals surface area contributed by atoms with E-state index < -0.39 is 0 Å². The number of amides is 1. The van der Waals surface area contributed by atoms with Gasteiger partial charge in [0.2, 0.25) is 5.91 Å². The molecule has 0 spiro atoms. The van der Waals surface area contributed by atoms with Gasteiger partial charge in [0.1, 0.15) is 0 Å². The number of carbonyl (C=O) groups is 1. The van der Waals surface area contributed by atoms with Crippen molar-refractivity contribution in [3.8, 4) is 0 Å². The predicted octanol–water partition coefficient (Wildman–Crippen LogP) is 1.18. The van der Waals surface area contributed by atoms with Crippen molar-refractivity contribution in [1.29, 1.82) is 0 Å². The Morgan fingerprint density at radius 2 is 2.14 bits per heavy atom. The van der Waals surface area contributed by atoms with E-state index in [1.807, 2.05) is 13.8 Å². The fourth-order valence-corrected chi connectivity index (χ4v) is 1.61. The zero-order valence-electron chi connectivity index (χ0n) is 8.88. The number of hydrogen-bond acceptors (Lipinski definition) is 3. The molecule has 4 heteroatoms. The van der Waals surface area contributed by atoms with E-state index in [2.05, 4.69) is 5.32 Å². The molecular weight excluding hydrogens is 198 g/mol. The third-order valence-corrected chi connectivity index (χ3v) is 2.48. The van der Waals surface area contributed by atoms with Gasteiger partial charge in [0, 0.05) is 25.0 Å². The summed E-state index contributed by atoms with van der Waals surface area (Å²) in [7, 11) is 0. The van der Waals surface area contributed by atoms with Crippen molar-refractivity contribution in [2.45, 2.75) is 20.3 Å². The quantitative estimate of drug-likeness (QED) is 0.497. The van der Waals surface area contributed by atoms with Gasteiger partial charge in [-0.1, -0.05) is 5.57 Å². The van der Waals surface area contributed by atoms with Gasteiger partial charge in [-0.2, -0.15) is 11.8 Å². The Bertz CT molecular complexity index is 189. The van der Waals surface area contributed by atoms with Gasteiger partial charge in [0.25, 0.3) is 0 Å². The van der Waals surface area contributed by atoms with Crippen molar-refractivity contribution in [2.75, 3.05) is 24.7 Å². The first kappa shape index (κ1) is 13.5. The lowest BCUT2D eigenvalue weighted by Gasteiger charge is -2.02. The van der Waals surface area contributed by atoms with E-state index in [0.29, 0.717) is 6.54 Å². The molecule has 1 amide bonds. The summed E-state index contributed by atoms with van der Waals surface area (Å²) in [6.07, 6.45) is 2.42. The predicted molar refractivity (Wildman–Crippen MR) is 61.5 cm³/mol. The standard InChI is InChI=1S/C10H19NO2S/c1-9(2)8-10(13)11-4-7-14-6-3-5-12/h8,12H,3-7H2,1-2H3,(H,11,13). The van der Waals surface area contributed by atoms with E-state index in [9.17, 15) is 4.79 Å². The molecule has 2 N–H and O–H groups in total. The van der Waals surface area contributed by atoms with Crippen molar-refractivity contribution in [3.05, 3.63) is 11.6 Å². The van der Waals surface area contributed by atoms with E-state index in [-0.39, 0.29) is 12.5 Å². The Hall–Kier alpha value is -0.480. The minimum Gasteiger partial charge on any atom is -0.396 e. The molecule has 0 aromatic rings. The number of nitrogens with one attached hydrogen (secondary N) is 1. The summed E-state index contributed by atoms with van der Waals surface area (Å²) in [4.78, 5) is 11.1. The molecule has 0 unspecified atom stereocenters. The van der Waals surface area contributed by atoms with Gasteiger partial charge < -0.3 is 10.4 Å². The molecular formula is C10H19NO2S. The average molecular weight is 217 g/mol. The van der Waals surface area contributed by atoms with Crippen molar-refractivity contribution >= 4 is 17.7 Å². The van der Waals surface area contributed by atoms with Gasteiger partial charge in [-0.3, -0.25) is 4.79 Å². The Kier molecular flexibility index (Phi) is 8.78. The molecule has 0 atom stereocenters. The molecule has 0 rings (SSSR count). The van der Waals surface area contributed by atoms with Gasteiger partial charge in [0.15, 0.2) is 0 Å². The van der Waals surface area contributed by atoms with Crippen molar-refractivity contribution in [2.24, 2.45) is 0 Å². The SMILES string of the molecule is CC(C)=CC(=O)NCCSCCCO. The molecule has 0 aliphatic carbocycles. The maximum absolute atomic E-state index is 11.1. The summed E-state index contributed by atoms with van der Waals surface area (Å²) in [6.45, 7) is 4.74. The summed E-state index contributed by atoms with van der Waals surface area (Å²) in [6, 6.07) is 0. The van der Waals surface area contributed by atoms with E-state index in [4.69, 9.17) is 5.11 Å². The smallest absolute Gasteiger partial charge is 0.243 e. The monoisotopic (exact) mass is 217 g/mol. The summed E-state index contributed by atoms with van der Waals surface area (Å²) < 4.78 is 0. The Morgan fingerprint density at radius 1 is 1.43 bits per heavy atom. The van der Waals surface area contributed by atoms with Crippen molar-refractivity contribution < 1.29 is 9.90 Å². The first-order valence-electron chi connectivity index (χ1n) is 4.78. The maximum atomic E-state index is 11.1. The van der Waals surface area contributed by atoms with Gasteiger partial charge in [-0.25, -0.2) is 0 Å². The summed E-state index contributed by atoms with van der Waals surface area (Å²) in [5.41, 5.74) is 1.01. The molecule has 0 saturated carbocycles. The van der Waals surface area contributed by atoms with E-state index in [1.165, 1.54) is 0 Å². The second-order valence-corrected chi connectivity index (χ2v) is 4.43. The molecule has 14 heavy (non-hydrogen) atoms. The normalized spacial score (nSPS) is 9.64. The minimum atomic E-state index is -0.0206. The molecule has 0 aromatic carbocycles. The molecule has 0 aromatic heterocycles. The molecule has 0 aliphatic rings. The van der Waals surface area contributed by atoms with Crippen molar-refractivity contribution in [1.82, 2.24) is 5.32 Å². The van der Waals surface area contributed by atoms with Gasteiger partial charge >= 0.3 is 0 Å². The highest BCUT2D eigenvalue weighted by Gasteiger charge is 1.94. The summed E-state index contributed by atoms with van der Waals surface area (Å²) >= 11 is 1.74. The molecule has 0 radical (unpaired) electrons. The molecule has 0 fully saturated rings. The summed E-state index contributed by atoms with van der Waals surface area (Å²) in [5.74, 6) is 1.84. The van der Waals surface area contributed by atoms with Crippen LogP contribution in [0.5, 0.6) is 0 Å². The largest absolute Gasteiger partial charge is 0.396 e. The van der Waals surface area contributed by atoms with Crippen LogP contribution in [0.25, 0.3) is 0 Å². The highest BCUT2D eigenvalue weighted by atomic mass is 32.2. The Balaban J connectivity index is 3.28. The second-order valence-electron chi connectivity index (χ2n) is 3.20. The molecule has 0 aliphatic heterocycles. The van der Waals surface area contributed by atoms with Crippen LogP contribution in [0.2, 0.25) is 0 Å². The number of allylic oxidation sites excluding steroid dienone is 1. The van der Waals surface area contributed by atoms with Gasteiger partial charge in [-0.05, 0) is 26.0 Å². The van der Waals surface area contributed by atoms with Crippen LogP contribution < -0.4 is 5.32 Å². The number of aliphatic hydroxyl groups excluding tert-OH is 1. The topological polar surface area (TPSA) is 49.3 Å². The van der Waals surface area contributed by atoms with E-state index in [1.54, 1.807) is 17.8 Å². The molecule has 3 nitrogen and oxygen atoms in total. The van der Waals surface area contributed by atoms with Crippen LogP contribution >= 0.6 is 11.8 Å². The highest BCUT2D eigenvalue weighted by molar-refractivity contribution is 7.99. The third-order valence-electron chi connectivity index (χ3n) is 1.41. The number of hydrogen-bond donors (Lipinski definition) is 2. The zero-order valence-corrected chi connectivity index (χ0v) is 9.69. The number of carbonyl (C=O) groups excluding carboxylic acids is 1. The first-order valence-corrected chi connectivity index (χ1v) is 5.93. The lowest BCUT2D eigenvalue weighted by Crippen LogP contribution is -2.23. The van der Waals surface area contributed by atoms with Crippen LogP contribution in [0.1, 0.15) is 20.3 Å². The van der Waals surface area contributed by atoms with Crippen LogP contribution in [0, 0.1) is 0 Å². The molecule has 0 bridgehead atoms.